The van der Waals surface area contributed by atoms with Crippen LogP contribution in [0, 0.1) is 0 Å². The van der Waals surface area contributed by atoms with Crippen molar-refractivity contribution in [3.05, 3.63) is 139 Å². The summed E-state index contributed by atoms with van der Waals surface area (Å²) in [5, 5.41) is 4.93. The van der Waals surface area contributed by atoms with Gasteiger partial charge in [0.15, 0.2) is 0 Å². The van der Waals surface area contributed by atoms with E-state index in [2.05, 4.69) is 53.9 Å². The van der Waals surface area contributed by atoms with Gasteiger partial charge in [-0.3, -0.25) is 9.97 Å². The molecule has 2 saturated heterocycles. The standard InChI is InChI=1S/C22H21ClN2O2.C19H17ClN2/c1-2-27-22(26)25-12-9-15(10-13-25)20-19-8-7-18(23)14-17(19)6-5-16-4-3-11-24-21(16)20;20-16-5-6-17-15(12-16)4-3-14-2-1-9-22-19(14)18(17)13-7-10-21-11-8-13/h3-8,11,14H,2,9-10,12-13H2,1H3;1-6,9,12,21H,7-8,10-11H2. The molecule has 4 heterocycles. The van der Waals surface area contributed by atoms with Crippen LogP contribution in [0.1, 0.15) is 77.4 Å². The molecular formula is C41H38Cl2N4O2. The first-order chi connectivity index (χ1) is 24.0. The van der Waals surface area contributed by atoms with Crippen molar-refractivity contribution in [3.63, 3.8) is 0 Å². The molecule has 4 aromatic rings. The fourth-order valence-corrected chi connectivity index (χ4v) is 7.41. The van der Waals surface area contributed by atoms with E-state index in [4.69, 9.17) is 37.9 Å². The highest BCUT2D eigenvalue weighted by molar-refractivity contribution is 6.31. The third-order valence-corrected chi connectivity index (χ3v) is 9.88. The van der Waals surface area contributed by atoms with E-state index in [0.29, 0.717) is 19.7 Å². The Bertz CT molecular complexity index is 2010. The van der Waals surface area contributed by atoms with Crippen LogP contribution in [-0.2, 0) is 4.74 Å². The summed E-state index contributed by atoms with van der Waals surface area (Å²) in [6, 6.07) is 20.3. The number of ether oxygens (including phenoxy) is 1. The van der Waals surface area contributed by atoms with Gasteiger partial charge in [-0.05, 0) is 104 Å². The Labute approximate surface area is 297 Å². The molecule has 2 aromatic heterocycles. The number of halogens is 2. The number of nitrogens with one attached hydrogen (secondary N) is 1. The van der Waals surface area contributed by atoms with Crippen LogP contribution in [0.3, 0.4) is 0 Å². The number of likely N-dealkylation sites (tertiary alicyclic amines) is 1. The lowest BCUT2D eigenvalue weighted by Gasteiger charge is -2.29. The number of pyridine rings is 2. The number of hydrogen-bond donors (Lipinski definition) is 1. The zero-order valence-electron chi connectivity index (χ0n) is 27.5. The van der Waals surface area contributed by atoms with E-state index in [1.54, 1.807) is 4.90 Å². The first kappa shape index (κ1) is 33.0. The lowest BCUT2D eigenvalue weighted by atomic mass is 9.88. The summed E-state index contributed by atoms with van der Waals surface area (Å²) in [6.07, 6.45) is 15.8. The summed E-state index contributed by atoms with van der Waals surface area (Å²) in [5.74, 6) is 0. The van der Waals surface area contributed by atoms with Crippen molar-refractivity contribution in [3.8, 4) is 0 Å². The summed E-state index contributed by atoms with van der Waals surface area (Å²) in [5.41, 5.74) is 14.3. The highest BCUT2D eigenvalue weighted by Gasteiger charge is 2.26. The summed E-state index contributed by atoms with van der Waals surface area (Å²) >= 11 is 12.4. The lowest BCUT2D eigenvalue weighted by molar-refractivity contribution is 0.104. The first-order valence-electron chi connectivity index (χ1n) is 16.9. The number of carbonyl (C=O) groups excluding carboxylic acids is 1. The quantitative estimate of drug-likeness (QED) is 0.186. The predicted molar refractivity (Wildman–Crippen MR) is 201 cm³/mol. The molecule has 0 bridgehead atoms. The zero-order chi connectivity index (χ0) is 33.7. The molecule has 49 heavy (non-hydrogen) atoms. The molecule has 0 saturated carbocycles. The number of benzene rings is 2. The molecule has 6 nitrogen and oxygen atoms in total. The van der Waals surface area contributed by atoms with E-state index in [-0.39, 0.29) is 6.09 Å². The fourth-order valence-electron chi connectivity index (χ4n) is 7.05. The summed E-state index contributed by atoms with van der Waals surface area (Å²) in [6.45, 7) is 5.64. The van der Waals surface area contributed by atoms with Gasteiger partial charge in [0.05, 0.1) is 18.0 Å². The second kappa shape index (κ2) is 15.0. The third-order valence-electron chi connectivity index (χ3n) is 9.41. The maximum Gasteiger partial charge on any atom is 0.409 e. The van der Waals surface area contributed by atoms with Crippen molar-refractivity contribution < 1.29 is 9.53 Å². The number of aromatic nitrogens is 2. The Hall–Kier alpha value is -4.49. The maximum absolute atomic E-state index is 12.0. The monoisotopic (exact) mass is 688 g/mol. The highest BCUT2D eigenvalue weighted by Crippen LogP contribution is 2.40. The topological polar surface area (TPSA) is 67.3 Å². The molecule has 2 aromatic carbocycles. The number of fused-ring (bicyclic) bond motifs is 4. The van der Waals surface area contributed by atoms with Gasteiger partial charge in [0.25, 0.3) is 0 Å². The number of nitrogens with zero attached hydrogens (tertiary/aromatic N) is 3. The summed E-state index contributed by atoms with van der Waals surface area (Å²) < 4.78 is 5.14. The van der Waals surface area contributed by atoms with E-state index >= 15 is 0 Å². The number of piperidine rings is 2. The van der Waals surface area contributed by atoms with Crippen LogP contribution in [-0.4, -0.2) is 53.7 Å². The van der Waals surface area contributed by atoms with Crippen molar-refractivity contribution in [1.82, 2.24) is 20.2 Å². The predicted octanol–water partition coefficient (Wildman–Crippen LogP) is 9.68. The second-order valence-electron chi connectivity index (χ2n) is 12.4. The molecule has 2 aliphatic carbocycles. The van der Waals surface area contributed by atoms with Crippen molar-refractivity contribution >= 4 is 64.7 Å². The number of rotatable bonds is 1. The van der Waals surface area contributed by atoms with Gasteiger partial charge in [0.2, 0.25) is 0 Å². The Balaban J connectivity index is 0.000000157. The average molecular weight is 690 g/mol. The Morgan fingerprint density at radius 3 is 1.71 bits per heavy atom. The molecule has 248 valence electrons. The summed E-state index contributed by atoms with van der Waals surface area (Å²) in [7, 11) is 0. The van der Waals surface area contributed by atoms with Crippen LogP contribution in [0.4, 0.5) is 4.79 Å². The Kier molecular flexibility index (Phi) is 10.1. The maximum atomic E-state index is 12.0. The zero-order valence-corrected chi connectivity index (χ0v) is 29.0. The van der Waals surface area contributed by atoms with Gasteiger partial charge in [0, 0.05) is 57.8 Å². The van der Waals surface area contributed by atoms with Gasteiger partial charge >= 0.3 is 6.09 Å². The molecule has 0 unspecified atom stereocenters. The SMILES string of the molecule is CCOC(=O)N1CCC(=C2c3ccc(Cl)cc3C=Cc3cccnc32)CC1.Clc1ccc2c(c1)C=Cc1cccnc1C2=C1CCNCC1. The van der Waals surface area contributed by atoms with Crippen LogP contribution in [0.25, 0.3) is 35.5 Å². The second-order valence-corrected chi connectivity index (χ2v) is 13.3. The minimum absolute atomic E-state index is 0.227. The van der Waals surface area contributed by atoms with Gasteiger partial charge in [-0.2, -0.15) is 0 Å². The van der Waals surface area contributed by atoms with E-state index in [9.17, 15) is 4.79 Å². The molecule has 0 atom stereocenters. The minimum Gasteiger partial charge on any atom is -0.450 e. The minimum atomic E-state index is -0.227. The van der Waals surface area contributed by atoms with Gasteiger partial charge in [-0.15, -0.1) is 0 Å². The van der Waals surface area contributed by atoms with Crippen molar-refractivity contribution in [2.45, 2.75) is 32.6 Å². The molecule has 8 rings (SSSR count). The number of hydrogen-bond acceptors (Lipinski definition) is 5. The smallest absolute Gasteiger partial charge is 0.409 e. The van der Waals surface area contributed by atoms with Gasteiger partial charge in [-0.25, -0.2) is 4.79 Å². The van der Waals surface area contributed by atoms with E-state index in [1.165, 1.54) is 39.0 Å². The van der Waals surface area contributed by atoms with Gasteiger partial charge in [-0.1, -0.05) is 82.9 Å². The average Bonchev–Trinajstić information content (AvgIpc) is 3.40. The van der Waals surface area contributed by atoms with E-state index in [1.807, 2.05) is 55.7 Å². The largest absolute Gasteiger partial charge is 0.450 e. The third kappa shape index (κ3) is 7.13. The van der Waals surface area contributed by atoms with Crippen LogP contribution < -0.4 is 5.32 Å². The molecule has 2 fully saturated rings. The molecule has 2 aliphatic heterocycles. The fraction of sp³-hybridized carbons (Fsp3) is 0.244. The van der Waals surface area contributed by atoms with Crippen molar-refractivity contribution in [2.75, 3.05) is 32.8 Å². The Morgan fingerprint density at radius 1 is 0.714 bits per heavy atom. The summed E-state index contributed by atoms with van der Waals surface area (Å²) in [4.78, 5) is 23.2. The van der Waals surface area contributed by atoms with Crippen molar-refractivity contribution in [1.29, 1.82) is 0 Å². The highest BCUT2D eigenvalue weighted by atomic mass is 35.5. The first-order valence-corrected chi connectivity index (χ1v) is 17.7. The van der Waals surface area contributed by atoms with Crippen LogP contribution >= 0.6 is 23.2 Å². The van der Waals surface area contributed by atoms with Gasteiger partial charge in [0.1, 0.15) is 0 Å². The number of carbonyl (C=O) groups is 1. The van der Waals surface area contributed by atoms with E-state index in [0.717, 1.165) is 76.9 Å². The van der Waals surface area contributed by atoms with E-state index < -0.39 is 0 Å². The molecular weight excluding hydrogens is 651 g/mol. The Morgan fingerprint density at radius 2 is 1.20 bits per heavy atom. The molecule has 1 amide bonds. The molecule has 8 heteroatoms. The molecule has 0 radical (unpaired) electrons. The van der Waals surface area contributed by atoms with Crippen molar-refractivity contribution in [2.24, 2.45) is 0 Å². The molecule has 1 N–H and O–H groups in total. The van der Waals surface area contributed by atoms with Gasteiger partial charge < -0.3 is 15.0 Å². The molecule has 0 spiro atoms. The van der Waals surface area contributed by atoms with Crippen LogP contribution in [0.5, 0.6) is 0 Å². The van der Waals surface area contributed by atoms with Crippen LogP contribution in [0.15, 0.2) is 84.2 Å². The normalized spacial score (nSPS) is 16.3. The molecule has 4 aliphatic rings. The lowest BCUT2D eigenvalue weighted by Crippen LogP contribution is -2.37. The van der Waals surface area contributed by atoms with Crippen LogP contribution in [0.2, 0.25) is 10.0 Å². The number of amides is 1.